The Morgan fingerprint density at radius 1 is 1.28 bits per heavy atom. The lowest BCUT2D eigenvalue weighted by molar-refractivity contribution is -0.137. The SMILES string of the molecule is OC1CC(OCc2ccc(C(F)(F)F)cc2F)C1. The summed E-state index contributed by atoms with van der Waals surface area (Å²) in [5.74, 6) is -0.926. The van der Waals surface area contributed by atoms with Gasteiger partial charge in [-0.1, -0.05) is 6.07 Å². The molecule has 1 saturated carbocycles. The number of benzene rings is 1. The van der Waals surface area contributed by atoms with Gasteiger partial charge in [-0.15, -0.1) is 0 Å². The van der Waals surface area contributed by atoms with Gasteiger partial charge >= 0.3 is 6.18 Å². The quantitative estimate of drug-likeness (QED) is 0.851. The second-order valence-corrected chi connectivity index (χ2v) is 4.36. The highest BCUT2D eigenvalue weighted by Gasteiger charge is 2.31. The Balaban J connectivity index is 1.97. The number of hydrogen-bond donors (Lipinski definition) is 1. The van der Waals surface area contributed by atoms with Gasteiger partial charge in [0.2, 0.25) is 0 Å². The molecule has 0 bridgehead atoms. The Morgan fingerprint density at radius 2 is 1.94 bits per heavy atom. The number of aliphatic hydroxyl groups is 1. The van der Waals surface area contributed by atoms with Crippen molar-refractivity contribution in [3.63, 3.8) is 0 Å². The monoisotopic (exact) mass is 264 g/mol. The predicted molar refractivity (Wildman–Crippen MR) is 55.2 cm³/mol. The molecule has 0 aliphatic heterocycles. The molecule has 1 aliphatic rings. The van der Waals surface area contributed by atoms with Crippen molar-refractivity contribution in [3.8, 4) is 0 Å². The zero-order chi connectivity index (χ0) is 13.3. The summed E-state index contributed by atoms with van der Waals surface area (Å²) in [7, 11) is 0. The second kappa shape index (κ2) is 4.85. The Hall–Kier alpha value is -1.14. The van der Waals surface area contributed by atoms with Crippen LogP contribution in [0.4, 0.5) is 17.6 Å². The van der Waals surface area contributed by atoms with Gasteiger partial charge < -0.3 is 9.84 Å². The first kappa shape index (κ1) is 13.3. The van der Waals surface area contributed by atoms with E-state index in [9.17, 15) is 17.6 Å². The molecule has 18 heavy (non-hydrogen) atoms. The summed E-state index contributed by atoms with van der Waals surface area (Å²) in [6.07, 6.45) is -4.09. The number of hydrogen-bond acceptors (Lipinski definition) is 2. The summed E-state index contributed by atoms with van der Waals surface area (Å²) >= 11 is 0. The van der Waals surface area contributed by atoms with Crippen molar-refractivity contribution in [2.45, 2.75) is 37.8 Å². The molecule has 6 heteroatoms. The molecule has 1 aromatic rings. The van der Waals surface area contributed by atoms with Crippen molar-refractivity contribution >= 4 is 0 Å². The molecule has 0 aromatic heterocycles. The molecule has 0 amide bonds. The van der Waals surface area contributed by atoms with Crippen LogP contribution in [0.2, 0.25) is 0 Å². The van der Waals surface area contributed by atoms with Crippen LogP contribution in [0.3, 0.4) is 0 Å². The van der Waals surface area contributed by atoms with E-state index in [-0.39, 0.29) is 24.4 Å². The molecule has 1 aromatic carbocycles. The fraction of sp³-hybridized carbons (Fsp3) is 0.500. The van der Waals surface area contributed by atoms with Crippen molar-refractivity contribution < 1.29 is 27.4 Å². The maximum atomic E-state index is 13.4. The molecule has 0 unspecified atom stereocenters. The lowest BCUT2D eigenvalue weighted by atomic mass is 9.92. The first-order valence-electron chi connectivity index (χ1n) is 5.51. The zero-order valence-corrected chi connectivity index (χ0v) is 9.38. The van der Waals surface area contributed by atoms with Gasteiger partial charge in [0.15, 0.2) is 0 Å². The van der Waals surface area contributed by atoms with Gasteiger partial charge in [0.05, 0.1) is 24.4 Å². The first-order valence-corrected chi connectivity index (χ1v) is 5.51. The number of aliphatic hydroxyl groups excluding tert-OH is 1. The molecule has 0 heterocycles. The maximum Gasteiger partial charge on any atom is 0.416 e. The minimum atomic E-state index is -4.54. The van der Waals surface area contributed by atoms with E-state index in [1.54, 1.807) is 0 Å². The van der Waals surface area contributed by atoms with E-state index in [1.807, 2.05) is 0 Å². The molecule has 100 valence electrons. The summed E-state index contributed by atoms with van der Waals surface area (Å²) in [6, 6.07) is 2.37. The van der Waals surface area contributed by atoms with Crippen molar-refractivity contribution in [1.29, 1.82) is 0 Å². The van der Waals surface area contributed by atoms with E-state index in [4.69, 9.17) is 9.84 Å². The third kappa shape index (κ3) is 3.00. The van der Waals surface area contributed by atoms with Gasteiger partial charge in [0, 0.05) is 5.56 Å². The normalized spacial score (nSPS) is 23.8. The third-order valence-corrected chi connectivity index (χ3v) is 2.92. The number of halogens is 4. The van der Waals surface area contributed by atoms with Crippen molar-refractivity contribution in [1.82, 2.24) is 0 Å². The van der Waals surface area contributed by atoms with E-state index in [0.29, 0.717) is 18.9 Å². The van der Waals surface area contributed by atoms with Crippen molar-refractivity contribution in [2.75, 3.05) is 0 Å². The topological polar surface area (TPSA) is 29.5 Å². The largest absolute Gasteiger partial charge is 0.416 e. The van der Waals surface area contributed by atoms with Crippen LogP contribution in [0.1, 0.15) is 24.0 Å². The Morgan fingerprint density at radius 3 is 2.44 bits per heavy atom. The molecule has 0 atom stereocenters. The number of rotatable bonds is 3. The smallest absolute Gasteiger partial charge is 0.393 e. The van der Waals surface area contributed by atoms with Crippen molar-refractivity contribution in [3.05, 3.63) is 35.1 Å². The van der Waals surface area contributed by atoms with Gasteiger partial charge in [-0.25, -0.2) is 4.39 Å². The van der Waals surface area contributed by atoms with Gasteiger partial charge in [-0.2, -0.15) is 13.2 Å². The molecule has 1 aliphatic carbocycles. The predicted octanol–water partition coefficient (Wildman–Crippen LogP) is 2.88. The minimum absolute atomic E-state index is 0.0820. The zero-order valence-electron chi connectivity index (χ0n) is 9.38. The summed E-state index contributed by atoms with van der Waals surface area (Å²) in [5, 5.41) is 9.02. The summed E-state index contributed by atoms with van der Waals surface area (Å²) in [4.78, 5) is 0. The average Bonchev–Trinajstić information content (AvgIpc) is 2.22. The second-order valence-electron chi connectivity index (χ2n) is 4.36. The standard InChI is InChI=1S/C12H12F4O2/c13-11-3-8(12(14,15)16)2-1-7(11)6-18-10-4-9(17)5-10/h1-3,9-10,17H,4-6H2. The van der Waals surface area contributed by atoms with Crippen LogP contribution in [0.5, 0.6) is 0 Å². The number of ether oxygens (including phenoxy) is 1. The van der Waals surface area contributed by atoms with E-state index in [1.165, 1.54) is 0 Å². The molecule has 1 fully saturated rings. The molecule has 0 radical (unpaired) electrons. The van der Waals surface area contributed by atoms with E-state index in [2.05, 4.69) is 0 Å². The molecular formula is C12H12F4O2. The van der Waals surface area contributed by atoms with Crippen molar-refractivity contribution in [2.24, 2.45) is 0 Å². The Kier molecular flexibility index (Phi) is 3.59. The first-order chi connectivity index (χ1) is 8.36. The van der Waals surface area contributed by atoms with Crippen LogP contribution in [-0.2, 0) is 17.5 Å². The molecule has 1 N–H and O–H groups in total. The third-order valence-electron chi connectivity index (χ3n) is 2.92. The highest BCUT2D eigenvalue weighted by Crippen LogP contribution is 2.31. The van der Waals surface area contributed by atoms with E-state index < -0.39 is 17.6 Å². The highest BCUT2D eigenvalue weighted by atomic mass is 19.4. The highest BCUT2D eigenvalue weighted by molar-refractivity contribution is 5.26. The van der Waals surface area contributed by atoms with Gasteiger partial charge in [-0.3, -0.25) is 0 Å². The van der Waals surface area contributed by atoms with Crippen LogP contribution >= 0.6 is 0 Å². The van der Waals surface area contributed by atoms with Crippen LogP contribution in [0.25, 0.3) is 0 Å². The average molecular weight is 264 g/mol. The fourth-order valence-corrected chi connectivity index (χ4v) is 1.72. The van der Waals surface area contributed by atoms with Crippen LogP contribution in [-0.4, -0.2) is 17.3 Å². The summed E-state index contributed by atoms with van der Waals surface area (Å²) < 4.78 is 55.5. The van der Waals surface area contributed by atoms with E-state index >= 15 is 0 Å². The van der Waals surface area contributed by atoms with E-state index in [0.717, 1.165) is 12.1 Å². The lowest BCUT2D eigenvalue weighted by Gasteiger charge is -2.31. The molecule has 2 rings (SSSR count). The summed E-state index contributed by atoms with van der Waals surface area (Å²) in [5.41, 5.74) is -0.924. The van der Waals surface area contributed by atoms with Crippen LogP contribution in [0, 0.1) is 5.82 Å². The molecular weight excluding hydrogens is 252 g/mol. The number of alkyl halides is 3. The Labute approximate surface area is 101 Å². The maximum absolute atomic E-state index is 13.4. The lowest BCUT2D eigenvalue weighted by Crippen LogP contribution is -2.35. The minimum Gasteiger partial charge on any atom is -0.393 e. The molecule has 0 spiro atoms. The molecule has 0 saturated heterocycles. The summed E-state index contributed by atoms with van der Waals surface area (Å²) in [6.45, 7) is -0.0820. The van der Waals surface area contributed by atoms with Gasteiger partial charge in [-0.05, 0) is 25.0 Å². The van der Waals surface area contributed by atoms with Gasteiger partial charge in [0.1, 0.15) is 5.82 Å². The Bertz CT molecular complexity index is 425. The molecule has 2 nitrogen and oxygen atoms in total. The van der Waals surface area contributed by atoms with Crippen LogP contribution in [0.15, 0.2) is 18.2 Å². The van der Waals surface area contributed by atoms with Gasteiger partial charge in [0.25, 0.3) is 0 Å². The fourth-order valence-electron chi connectivity index (χ4n) is 1.72. The van der Waals surface area contributed by atoms with Crippen LogP contribution < -0.4 is 0 Å².